The highest BCUT2D eigenvalue weighted by molar-refractivity contribution is 9.10. The summed E-state index contributed by atoms with van der Waals surface area (Å²) in [6.07, 6.45) is 0. The van der Waals surface area contributed by atoms with Crippen molar-refractivity contribution in [3.8, 4) is 0 Å². The lowest BCUT2D eigenvalue weighted by atomic mass is 10.3. The lowest BCUT2D eigenvalue weighted by Crippen LogP contribution is -1.93. The standard InChI is InChI=1S/C7H3BrFNO2/c8-3-1-2-4(9)6-5(3)10-7(11)12-6/h1-2H,(H,10,11). The van der Waals surface area contributed by atoms with E-state index in [1.165, 1.54) is 12.1 Å². The first-order valence-electron chi connectivity index (χ1n) is 3.15. The summed E-state index contributed by atoms with van der Waals surface area (Å²) in [5.41, 5.74) is 0.300. The van der Waals surface area contributed by atoms with Crippen LogP contribution in [0.4, 0.5) is 4.39 Å². The molecular formula is C7H3BrFNO2. The van der Waals surface area contributed by atoms with Crippen LogP contribution in [0.5, 0.6) is 0 Å². The number of halogens is 2. The Kier molecular flexibility index (Phi) is 1.54. The molecule has 0 aliphatic heterocycles. The van der Waals surface area contributed by atoms with Gasteiger partial charge >= 0.3 is 5.76 Å². The van der Waals surface area contributed by atoms with E-state index in [4.69, 9.17) is 0 Å². The first-order valence-corrected chi connectivity index (χ1v) is 3.94. The Morgan fingerprint density at radius 3 is 2.92 bits per heavy atom. The summed E-state index contributed by atoms with van der Waals surface area (Å²) in [5, 5.41) is 0. The van der Waals surface area contributed by atoms with Gasteiger partial charge in [0.1, 0.15) is 5.52 Å². The molecule has 2 rings (SSSR count). The molecule has 1 aromatic heterocycles. The minimum atomic E-state index is -0.657. The molecule has 2 aromatic rings. The van der Waals surface area contributed by atoms with Crippen molar-refractivity contribution in [3.63, 3.8) is 0 Å². The second kappa shape index (κ2) is 2.45. The van der Waals surface area contributed by atoms with Crippen LogP contribution in [0.15, 0.2) is 25.8 Å². The smallest absolute Gasteiger partial charge is 0.405 e. The van der Waals surface area contributed by atoms with E-state index in [0.717, 1.165) is 0 Å². The molecule has 0 unspecified atom stereocenters. The van der Waals surface area contributed by atoms with Gasteiger partial charge in [0.25, 0.3) is 0 Å². The zero-order valence-electron chi connectivity index (χ0n) is 5.73. The summed E-state index contributed by atoms with van der Waals surface area (Å²) in [6.45, 7) is 0. The molecule has 1 aromatic carbocycles. The molecular weight excluding hydrogens is 229 g/mol. The fraction of sp³-hybridized carbons (Fsp3) is 0. The Hall–Kier alpha value is -1.10. The summed E-state index contributed by atoms with van der Waals surface area (Å²) < 4.78 is 18.1. The maximum Gasteiger partial charge on any atom is 0.417 e. The van der Waals surface area contributed by atoms with E-state index in [9.17, 15) is 9.18 Å². The van der Waals surface area contributed by atoms with Crippen molar-refractivity contribution in [2.75, 3.05) is 0 Å². The number of benzene rings is 1. The Labute approximate surface area is 74.3 Å². The molecule has 5 heteroatoms. The molecule has 1 heterocycles. The van der Waals surface area contributed by atoms with Crippen LogP contribution in [0.25, 0.3) is 11.1 Å². The predicted octanol–water partition coefficient (Wildman–Crippen LogP) is 2.02. The number of aromatic amines is 1. The predicted molar refractivity (Wildman–Crippen MR) is 44.5 cm³/mol. The summed E-state index contributed by atoms with van der Waals surface area (Å²) in [4.78, 5) is 13.0. The van der Waals surface area contributed by atoms with Crippen LogP contribution < -0.4 is 5.76 Å². The molecule has 1 N–H and O–H groups in total. The van der Waals surface area contributed by atoms with Gasteiger partial charge < -0.3 is 4.42 Å². The Bertz CT molecular complexity index is 446. The number of oxazole rings is 1. The number of hydrogen-bond donors (Lipinski definition) is 1. The maximum atomic E-state index is 12.9. The van der Waals surface area contributed by atoms with Gasteiger partial charge in [0, 0.05) is 4.47 Å². The maximum absolute atomic E-state index is 12.9. The fourth-order valence-corrected chi connectivity index (χ4v) is 1.38. The summed E-state index contributed by atoms with van der Waals surface area (Å²) in [5.74, 6) is -1.21. The van der Waals surface area contributed by atoms with Crippen molar-refractivity contribution >= 4 is 27.0 Å². The Morgan fingerprint density at radius 2 is 2.25 bits per heavy atom. The van der Waals surface area contributed by atoms with Crippen LogP contribution in [0, 0.1) is 5.82 Å². The average molecular weight is 232 g/mol. The number of hydrogen-bond acceptors (Lipinski definition) is 2. The lowest BCUT2D eigenvalue weighted by Gasteiger charge is -1.91. The van der Waals surface area contributed by atoms with E-state index in [-0.39, 0.29) is 5.58 Å². The monoisotopic (exact) mass is 231 g/mol. The molecule has 3 nitrogen and oxygen atoms in total. The molecule has 0 amide bonds. The quantitative estimate of drug-likeness (QED) is 0.755. The van der Waals surface area contributed by atoms with Gasteiger partial charge in [-0.1, -0.05) is 0 Å². The van der Waals surface area contributed by atoms with Gasteiger partial charge in [-0.15, -0.1) is 0 Å². The van der Waals surface area contributed by atoms with Crippen LogP contribution in [0.3, 0.4) is 0 Å². The molecule has 0 aliphatic carbocycles. The highest BCUT2D eigenvalue weighted by Crippen LogP contribution is 2.22. The van der Waals surface area contributed by atoms with Gasteiger partial charge in [0.2, 0.25) is 0 Å². The van der Waals surface area contributed by atoms with E-state index < -0.39 is 11.6 Å². The Morgan fingerprint density at radius 1 is 1.50 bits per heavy atom. The van der Waals surface area contributed by atoms with Gasteiger partial charge in [0.05, 0.1) is 0 Å². The molecule has 0 aliphatic rings. The molecule has 0 saturated heterocycles. The van der Waals surface area contributed by atoms with Crippen LogP contribution >= 0.6 is 15.9 Å². The first kappa shape index (κ1) is 7.54. The second-order valence-corrected chi connectivity index (χ2v) is 3.10. The third-order valence-corrected chi connectivity index (χ3v) is 2.14. The van der Waals surface area contributed by atoms with Crippen molar-refractivity contribution in [2.24, 2.45) is 0 Å². The van der Waals surface area contributed by atoms with Crippen LogP contribution in [-0.2, 0) is 0 Å². The van der Waals surface area contributed by atoms with Crippen molar-refractivity contribution in [1.29, 1.82) is 0 Å². The van der Waals surface area contributed by atoms with Gasteiger partial charge in [-0.3, -0.25) is 4.98 Å². The highest BCUT2D eigenvalue weighted by atomic mass is 79.9. The molecule has 0 fully saturated rings. The normalized spacial score (nSPS) is 10.8. The molecule has 0 atom stereocenters. The molecule has 0 spiro atoms. The number of H-pyrrole nitrogens is 1. The molecule has 0 radical (unpaired) electrons. The molecule has 12 heavy (non-hydrogen) atoms. The average Bonchev–Trinajstić information content (AvgIpc) is 2.41. The first-order chi connectivity index (χ1) is 5.68. The number of nitrogens with one attached hydrogen (secondary N) is 1. The van der Waals surface area contributed by atoms with Crippen LogP contribution in [0.2, 0.25) is 0 Å². The van der Waals surface area contributed by atoms with Gasteiger partial charge in [-0.05, 0) is 28.1 Å². The zero-order valence-corrected chi connectivity index (χ0v) is 7.31. The summed E-state index contributed by atoms with van der Waals surface area (Å²) in [6, 6.07) is 2.73. The zero-order chi connectivity index (χ0) is 8.72. The fourth-order valence-electron chi connectivity index (χ4n) is 0.970. The van der Waals surface area contributed by atoms with Crippen molar-refractivity contribution in [3.05, 3.63) is 33.0 Å². The van der Waals surface area contributed by atoms with Crippen molar-refractivity contribution in [2.45, 2.75) is 0 Å². The van der Waals surface area contributed by atoms with E-state index in [1.54, 1.807) is 0 Å². The topological polar surface area (TPSA) is 46.0 Å². The number of aromatic nitrogens is 1. The largest absolute Gasteiger partial charge is 0.417 e. The summed E-state index contributed by atoms with van der Waals surface area (Å²) >= 11 is 3.15. The lowest BCUT2D eigenvalue weighted by molar-refractivity contribution is 0.523. The van der Waals surface area contributed by atoms with E-state index in [1.807, 2.05) is 0 Å². The number of rotatable bonds is 0. The molecule has 62 valence electrons. The van der Waals surface area contributed by atoms with Crippen LogP contribution in [0.1, 0.15) is 0 Å². The van der Waals surface area contributed by atoms with E-state index in [2.05, 4.69) is 25.3 Å². The van der Waals surface area contributed by atoms with Crippen LogP contribution in [-0.4, -0.2) is 4.98 Å². The molecule has 0 saturated carbocycles. The van der Waals surface area contributed by atoms with E-state index >= 15 is 0 Å². The van der Waals surface area contributed by atoms with Gasteiger partial charge in [0.15, 0.2) is 11.4 Å². The highest BCUT2D eigenvalue weighted by Gasteiger charge is 2.09. The third-order valence-electron chi connectivity index (χ3n) is 1.48. The van der Waals surface area contributed by atoms with Crippen molar-refractivity contribution < 1.29 is 8.81 Å². The van der Waals surface area contributed by atoms with Gasteiger partial charge in [-0.25, -0.2) is 9.18 Å². The van der Waals surface area contributed by atoms with Crippen molar-refractivity contribution in [1.82, 2.24) is 4.98 Å². The number of fused-ring (bicyclic) bond motifs is 1. The summed E-state index contributed by atoms with van der Waals surface area (Å²) in [7, 11) is 0. The Balaban J connectivity index is 3.03. The third kappa shape index (κ3) is 0.972. The van der Waals surface area contributed by atoms with E-state index in [0.29, 0.717) is 9.99 Å². The minimum Gasteiger partial charge on any atom is -0.405 e. The molecule has 0 bridgehead atoms. The van der Waals surface area contributed by atoms with Gasteiger partial charge in [-0.2, -0.15) is 0 Å². The second-order valence-electron chi connectivity index (χ2n) is 2.25. The minimum absolute atomic E-state index is 0.0469. The SMILES string of the molecule is O=c1[nH]c2c(Br)ccc(F)c2o1.